The number of hydrogen-bond donors (Lipinski definition) is 3. The van der Waals surface area contributed by atoms with Crippen LogP contribution >= 0.6 is 0 Å². The summed E-state index contributed by atoms with van der Waals surface area (Å²) in [6, 6.07) is 0.194. The van der Waals surface area contributed by atoms with Gasteiger partial charge in [-0.1, -0.05) is 6.42 Å². The molecule has 0 spiro atoms. The monoisotopic (exact) mass is 387 g/mol. The molecule has 6 bridgehead atoms. The smallest absolute Gasteiger partial charge is 0.315 e. The van der Waals surface area contributed by atoms with Crippen LogP contribution in [0.25, 0.3) is 0 Å². The van der Waals surface area contributed by atoms with Crippen molar-refractivity contribution in [1.82, 2.24) is 16.0 Å². The fourth-order valence-electron chi connectivity index (χ4n) is 8.18. The lowest BCUT2D eigenvalue weighted by molar-refractivity contribution is -0.122. The molecule has 0 radical (unpaired) electrons. The molecule has 6 aliphatic carbocycles. The summed E-state index contributed by atoms with van der Waals surface area (Å²) in [5.41, 5.74) is 0.0391. The maximum Gasteiger partial charge on any atom is 0.315 e. The van der Waals surface area contributed by atoms with Gasteiger partial charge in [-0.15, -0.1) is 0 Å². The fraction of sp³-hybridized carbons (Fsp3) is 0.913. The lowest BCUT2D eigenvalue weighted by atomic mass is 9.53. The summed E-state index contributed by atoms with van der Waals surface area (Å²) in [6.07, 6.45) is 13.4. The quantitative estimate of drug-likeness (QED) is 0.652. The Morgan fingerprint density at radius 3 is 2.18 bits per heavy atom. The van der Waals surface area contributed by atoms with Crippen molar-refractivity contribution in [2.45, 2.75) is 89.1 Å². The van der Waals surface area contributed by atoms with Crippen LogP contribution in [0.3, 0.4) is 0 Å². The molecular weight excluding hydrogens is 350 g/mol. The van der Waals surface area contributed by atoms with Crippen LogP contribution < -0.4 is 16.0 Å². The molecule has 0 aromatic carbocycles. The largest absolute Gasteiger partial charge is 0.353 e. The van der Waals surface area contributed by atoms with Crippen LogP contribution in [0.1, 0.15) is 77.6 Å². The number of carbonyl (C=O) groups excluding carboxylic acids is 2. The second-order valence-corrected chi connectivity index (χ2v) is 11.0. The molecule has 6 saturated carbocycles. The summed E-state index contributed by atoms with van der Waals surface area (Å²) in [5, 5.41) is 9.46. The molecular formula is C23H37N3O2. The number of hydrogen-bond acceptors (Lipinski definition) is 2. The van der Waals surface area contributed by atoms with Crippen molar-refractivity contribution < 1.29 is 9.59 Å². The van der Waals surface area contributed by atoms with Crippen molar-refractivity contribution in [3.63, 3.8) is 0 Å². The van der Waals surface area contributed by atoms with Gasteiger partial charge in [0.05, 0.1) is 0 Å². The molecule has 4 unspecified atom stereocenters. The highest BCUT2D eigenvalue weighted by molar-refractivity contribution is 5.78. The second-order valence-electron chi connectivity index (χ2n) is 11.0. The molecule has 6 fully saturated rings. The van der Waals surface area contributed by atoms with E-state index in [1.165, 1.54) is 44.9 Å². The van der Waals surface area contributed by atoms with Crippen LogP contribution in [0.5, 0.6) is 0 Å². The first-order valence-corrected chi connectivity index (χ1v) is 11.8. The summed E-state index contributed by atoms with van der Waals surface area (Å²) in [7, 11) is 0. The molecule has 0 aromatic rings. The van der Waals surface area contributed by atoms with Crippen LogP contribution in [0.15, 0.2) is 0 Å². The van der Waals surface area contributed by atoms with Crippen LogP contribution in [0.4, 0.5) is 4.79 Å². The molecule has 4 atom stereocenters. The van der Waals surface area contributed by atoms with Gasteiger partial charge in [0, 0.05) is 24.5 Å². The zero-order valence-corrected chi connectivity index (χ0v) is 17.3. The first kappa shape index (κ1) is 18.7. The highest BCUT2D eigenvalue weighted by Crippen LogP contribution is 2.55. The Hall–Kier alpha value is -1.26. The molecule has 3 N–H and O–H groups in total. The first-order chi connectivity index (χ1) is 13.5. The van der Waals surface area contributed by atoms with Crippen LogP contribution in [0.2, 0.25) is 0 Å². The number of fused-ring (bicyclic) bond motifs is 2. The number of rotatable bonds is 6. The average molecular weight is 388 g/mol. The van der Waals surface area contributed by atoms with E-state index in [1.54, 1.807) is 0 Å². The minimum atomic E-state index is -0.0732. The van der Waals surface area contributed by atoms with Crippen molar-refractivity contribution in [3.8, 4) is 0 Å². The zero-order valence-electron chi connectivity index (χ0n) is 17.3. The Morgan fingerprint density at radius 2 is 1.61 bits per heavy atom. The van der Waals surface area contributed by atoms with Gasteiger partial charge < -0.3 is 16.0 Å². The van der Waals surface area contributed by atoms with Crippen molar-refractivity contribution in [3.05, 3.63) is 0 Å². The van der Waals surface area contributed by atoms with E-state index in [-0.39, 0.29) is 23.5 Å². The Bertz CT molecular complexity index is 598. The highest BCUT2D eigenvalue weighted by Gasteiger charge is 2.51. The van der Waals surface area contributed by atoms with Gasteiger partial charge in [-0.3, -0.25) is 4.79 Å². The molecule has 156 valence electrons. The maximum atomic E-state index is 12.5. The summed E-state index contributed by atoms with van der Waals surface area (Å²) in [4.78, 5) is 24.8. The Morgan fingerprint density at radius 1 is 0.929 bits per heavy atom. The number of amides is 3. The molecule has 0 aliphatic heterocycles. The van der Waals surface area contributed by atoms with Crippen LogP contribution in [-0.4, -0.2) is 30.1 Å². The van der Waals surface area contributed by atoms with E-state index in [4.69, 9.17) is 0 Å². The molecule has 0 heterocycles. The van der Waals surface area contributed by atoms with Crippen molar-refractivity contribution in [2.75, 3.05) is 6.54 Å². The van der Waals surface area contributed by atoms with E-state index < -0.39 is 0 Å². The molecule has 0 saturated heterocycles. The number of carbonyl (C=O) groups is 2. The molecule has 0 aromatic heterocycles. The van der Waals surface area contributed by atoms with Crippen molar-refractivity contribution >= 4 is 11.9 Å². The Labute approximate surface area is 169 Å². The lowest BCUT2D eigenvalue weighted by Crippen LogP contribution is -2.61. The standard InChI is InChI=1S/C23H37N3O2/c1-14(20-10-15-2-3-19(20)9-15)25-21(27)4-5-24-22(28)26-23-11-16-6-17(12-23)8-18(7-16)13-23/h14-20H,2-13H2,1H3,(H,25,27)(H2,24,26,28). The third-order valence-corrected chi connectivity index (χ3v) is 8.88. The molecule has 6 aliphatic rings. The normalized spacial score (nSPS) is 43.8. The van der Waals surface area contributed by atoms with Gasteiger partial charge in [0.1, 0.15) is 0 Å². The van der Waals surface area contributed by atoms with Gasteiger partial charge in [0.2, 0.25) is 5.91 Å². The summed E-state index contributed by atoms with van der Waals surface area (Å²) in [5.74, 6) is 4.94. The lowest BCUT2D eigenvalue weighted by Gasteiger charge is -2.56. The van der Waals surface area contributed by atoms with E-state index in [0.29, 0.717) is 18.9 Å². The van der Waals surface area contributed by atoms with E-state index in [1.807, 2.05) is 0 Å². The van der Waals surface area contributed by atoms with Crippen molar-refractivity contribution in [2.24, 2.45) is 35.5 Å². The van der Waals surface area contributed by atoms with E-state index in [0.717, 1.165) is 48.9 Å². The van der Waals surface area contributed by atoms with Gasteiger partial charge in [-0.05, 0) is 100 Å². The van der Waals surface area contributed by atoms with Crippen LogP contribution in [0, 0.1) is 35.5 Å². The fourth-order valence-corrected chi connectivity index (χ4v) is 8.18. The molecule has 5 heteroatoms. The van der Waals surface area contributed by atoms with Gasteiger partial charge in [0.25, 0.3) is 0 Å². The van der Waals surface area contributed by atoms with Gasteiger partial charge in [-0.2, -0.15) is 0 Å². The third kappa shape index (κ3) is 3.66. The van der Waals surface area contributed by atoms with E-state index in [9.17, 15) is 9.59 Å². The number of urea groups is 1. The number of nitrogens with one attached hydrogen (secondary N) is 3. The maximum absolute atomic E-state index is 12.5. The minimum Gasteiger partial charge on any atom is -0.353 e. The predicted molar refractivity (Wildman–Crippen MR) is 109 cm³/mol. The average Bonchev–Trinajstić information content (AvgIpc) is 3.23. The van der Waals surface area contributed by atoms with Gasteiger partial charge in [0.15, 0.2) is 0 Å². The van der Waals surface area contributed by atoms with E-state index >= 15 is 0 Å². The first-order valence-electron chi connectivity index (χ1n) is 11.8. The predicted octanol–water partition coefficient (Wildman–Crippen LogP) is 3.59. The summed E-state index contributed by atoms with van der Waals surface area (Å²) >= 11 is 0. The second kappa shape index (κ2) is 7.21. The Balaban J connectivity index is 1.03. The molecule has 3 amide bonds. The minimum absolute atomic E-state index is 0.0391. The van der Waals surface area contributed by atoms with E-state index in [2.05, 4.69) is 22.9 Å². The zero-order chi connectivity index (χ0) is 19.3. The topological polar surface area (TPSA) is 70.2 Å². The summed E-state index contributed by atoms with van der Waals surface area (Å²) in [6.45, 7) is 2.59. The van der Waals surface area contributed by atoms with Crippen molar-refractivity contribution in [1.29, 1.82) is 0 Å². The Kier molecular flexibility index (Phi) is 4.83. The van der Waals surface area contributed by atoms with Crippen LogP contribution in [-0.2, 0) is 4.79 Å². The van der Waals surface area contributed by atoms with Gasteiger partial charge >= 0.3 is 6.03 Å². The third-order valence-electron chi connectivity index (χ3n) is 8.88. The molecule has 6 rings (SSSR count). The van der Waals surface area contributed by atoms with Gasteiger partial charge in [-0.25, -0.2) is 4.79 Å². The summed E-state index contributed by atoms with van der Waals surface area (Å²) < 4.78 is 0. The molecule has 28 heavy (non-hydrogen) atoms. The molecule has 5 nitrogen and oxygen atoms in total. The SMILES string of the molecule is CC(NC(=O)CCNC(=O)NC12CC3CC(CC(C3)C1)C2)C1CC2CCC1C2. The highest BCUT2D eigenvalue weighted by atomic mass is 16.2.